The third-order valence-corrected chi connectivity index (χ3v) is 6.18. The lowest BCUT2D eigenvalue weighted by atomic mass is 9.80. The highest BCUT2D eigenvalue weighted by Gasteiger charge is 2.52. The van der Waals surface area contributed by atoms with Gasteiger partial charge in [-0.25, -0.2) is 18.5 Å². The Morgan fingerprint density at radius 1 is 1.03 bits per heavy atom. The van der Waals surface area contributed by atoms with Gasteiger partial charge in [-0.05, 0) is 35.4 Å². The molecule has 0 N–H and O–H groups in total. The van der Waals surface area contributed by atoms with Gasteiger partial charge in [-0.3, -0.25) is 9.78 Å². The predicted molar refractivity (Wildman–Crippen MR) is 120 cm³/mol. The molecule has 6 nitrogen and oxygen atoms in total. The minimum atomic E-state index is -1.05. The number of urea groups is 1. The number of anilines is 1. The third-order valence-electron chi connectivity index (χ3n) is 6.18. The first-order chi connectivity index (χ1) is 16.4. The van der Waals surface area contributed by atoms with Crippen molar-refractivity contribution in [3.8, 4) is 11.8 Å². The average Bonchev–Trinajstić information content (AvgIpc) is 2.84. The fourth-order valence-corrected chi connectivity index (χ4v) is 4.47. The van der Waals surface area contributed by atoms with Crippen LogP contribution >= 0.6 is 0 Å². The molecule has 5 rings (SSSR count). The minimum Gasteiger partial charge on any atom is -0.374 e. The molecule has 0 saturated carbocycles. The van der Waals surface area contributed by atoms with Crippen LogP contribution in [0.2, 0.25) is 0 Å². The van der Waals surface area contributed by atoms with Gasteiger partial charge in [-0.15, -0.1) is 0 Å². The number of imide groups is 1. The van der Waals surface area contributed by atoms with Crippen LogP contribution in [0.25, 0.3) is 0 Å². The number of hydrogen-bond acceptors (Lipinski definition) is 4. The van der Waals surface area contributed by atoms with E-state index >= 15 is 8.78 Å². The van der Waals surface area contributed by atoms with E-state index in [0.717, 1.165) is 23.3 Å². The molecule has 1 atom stereocenters. The lowest BCUT2D eigenvalue weighted by molar-refractivity contribution is -0.125. The zero-order valence-corrected chi connectivity index (χ0v) is 18.2. The van der Waals surface area contributed by atoms with Gasteiger partial charge in [0.1, 0.15) is 11.2 Å². The molecule has 170 valence electrons. The quantitative estimate of drug-likeness (QED) is 0.517. The Morgan fingerprint density at radius 3 is 2.50 bits per heavy atom. The number of nitrogens with zero attached hydrogens (tertiary/aromatic N) is 3. The van der Waals surface area contributed by atoms with E-state index < -0.39 is 34.8 Å². The fourth-order valence-electron chi connectivity index (χ4n) is 4.47. The number of halogens is 2. The van der Waals surface area contributed by atoms with E-state index in [1.165, 1.54) is 18.1 Å². The molecule has 0 radical (unpaired) electrons. The molecular formula is C26H19F2N3O3. The summed E-state index contributed by atoms with van der Waals surface area (Å²) in [7, 11) is 1.51. The summed E-state index contributed by atoms with van der Waals surface area (Å²) in [5.41, 5.74) is 0.556. The highest BCUT2D eigenvalue weighted by Crippen LogP contribution is 2.43. The summed E-state index contributed by atoms with van der Waals surface area (Å²) in [6, 6.07) is 12.0. The summed E-state index contributed by atoms with van der Waals surface area (Å²) in [6.07, 6.45) is 2.94. The molecule has 1 saturated heterocycles. The van der Waals surface area contributed by atoms with Gasteiger partial charge >= 0.3 is 6.03 Å². The van der Waals surface area contributed by atoms with Gasteiger partial charge in [0.25, 0.3) is 0 Å². The normalized spacial score (nSPS) is 19.6. The Balaban J connectivity index is 1.50. The van der Waals surface area contributed by atoms with Crippen molar-refractivity contribution in [2.45, 2.75) is 18.6 Å². The third kappa shape index (κ3) is 3.51. The molecule has 3 aromatic rings. The summed E-state index contributed by atoms with van der Waals surface area (Å²) < 4.78 is 35.8. The molecule has 2 aliphatic rings. The van der Waals surface area contributed by atoms with Crippen molar-refractivity contribution in [3.05, 3.63) is 94.8 Å². The average molecular weight is 459 g/mol. The zero-order chi connectivity index (χ0) is 23.9. The molecule has 0 unspecified atom stereocenters. The molecule has 1 aromatic heterocycles. The van der Waals surface area contributed by atoms with Crippen molar-refractivity contribution in [3.63, 3.8) is 0 Å². The van der Waals surface area contributed by atoms with Crippen molar-refractivity contribution in [2.75, 3.05) is 18.6 Å². The highest BCUT2D eigenvalue weighted by molar-refractivity contribution is 6.16. The van der Waals surface area contributed by atoms with Gasteiger partial charge in [-0.2, -0.15) is 0 Å². The summed E-state index contributed by atoms with van der Waals surface area (Å²) in [5, 5.41) is 0. The number of carbonyl (C=O) groups excluding carboxylic acids is 2. The van der Waals surface area contributed by atoms with Crippen LogP contribution in [0.5, 0.6) is 0 Å². The van der Waals surface area contributed by atoms with E-state index in [2.05, 4.69) is 16.8 Å². The highest BCUT2D eigenvalue weighted by atomic mass is 19.1. The number of pyridine rings is 1. The standard InChI is InChI=1S/C26H19F2N3O3/c1-30-25(33)31(23(32)13-26(30)16-34-15-19-6-2-3-7-20(19)26)24-21(27)11-18(12-22(24)28)9-8-17-5-4-10-29-14-17/h2-7,10-12,14H,13,15-16H2,1H3/t26-/m1/s1. The maximum Gasteiger partial charge on any atom is 0.332 e. The Labute approximate surface area is 194 Å². The van der Waals surface area contributed by atoms with Crippen LogP contribution in [0.3, 0.4) is 0 Å². The van der Waals surface area contributed by atoms with E-state index in [1.54, 1.807) is 18.3 Å². The van der Waals surface area contributed by atoms with Crippen LogP contribution in [-0.4, -0.2) is 35.5 Å². The Bertz CT molecular complexity index is 1340. The smallest absolute Gasteiger partial charge is 0.332 e. The SMILES string of the molecule is CN1C(=O)N(c2c(F)cc(C#Cc3cccnc3)cc2F)C(=O)C[C@]12COCc1ccccc12. The van der Waals surface area contributed by atoms with Gasteiger partial charge in [-0.1, -0.05) is 36.1 Å². The number of amides is 3. The number of carbonyl (C=O) groups is 2. The Hall–Kier alpha value is -4.09. The lowest BCUT2D eigenvalue weighted by Crippen LogP contribution is -2.64. The molecule has 0 bridgehead atoms. The monoisotopic (exact) mass is 459 g/mol. The van der Waals surface area contributed by atoms with E-state index in [9.17, 15) is 9.59 Å². The van der Waals surface area contributed by atoms with Gasteiger partial charge in [0.05, 0.1) is 19.6 Å². The number of benzene rings is 2. The number of hydrogen-bond donors (Lipinski definition) is 0. The largest absolute Gasteiger partial charge is 0.374 e. The summed E-state index contributed by atoms with van der Waals surface area (Å²) in [4.78, 5) is 32.3. The Kier molecular flexibility index (Phi) is 5.34. The van der Waals surface area contributed by atoms with Crippen LogP contribution in [0, 0.1) is 23.5 Å². The summed E-state index contributed by atoms with van der Waals surface area (Å²) in [5.74, 6) is 2.63. The maximum atomic E-state index is 15.1. The summed E-state index contributed by atoms with van der Waals surface area (Å²) >= 11 is 0. The van der Waals surface area contributed by atoms with Crippen molar-refractivity contribution in [1.82, 2.24) is 9.88 Å². The number of fused-ring (bicyclic) bond motifs is 2. The number of aromatic nitrogens is 1. The van der Waals surface area contributed by atoms with Crippen LogP contribution in [0.15, 0.2) is 60.9 Å². The molecule has 1 spiro atoms. The van der Waals surface area contributed by atoms with Crippen LogP contribution in [-0.2, 0) is 21.7 Å². The van der Waals surface area contributed by atoms with Crippen molar-refractivity contribution < 1.29 is 23.1 Å². The number of likely N-dealkylation sites (N-methyl/N-ethyl adjacent to an activating group) is 1. The first kappa shape index (κ1) is 21.7. The van der Waals surface area contributed by atoms with Gasteiger partial charge < -0.3 is 9.64 Å². The zero-order valence-electron chi connectivity index (χ0n) is 18.2. The first-order valence-corrected chi connectivity index (χ1v) is 10.6. The van der Waals surface area contributed by atoms with Crippen LogP contribution < -0.4 is 4.90 Å². The number of ether oxygens (including phenoxy) is 1. The topological polar surface area (TPSA) is 62.7 Å². The van der Waals surface area contributed by atoms with Crippen molar-refractivity contribution >= 4 is 17.6 Å². The second-order valence-electron chi connectivity index (χ2n) is 8.21. The van der Waals surface area contributed by atoms with Crippen LogP contribution in [0.4, 0.5) is 19.3 Å². The molecule has 2 aliphatic heterocycles. The van der Waals surface area contributed by atoms with Crippen LogP contribution in [0.1, 0.15) is 28.7 Å². The number of rotatable bonds is 1. The van der Waals surface area contributed by atoms with Crippen molar-refractivity contribution in [1.29, 1.82) is 0 Å². The van der Waals surface area contributed by atoms with Crippen molar-refractivity contribution in [2.24, 2.45) is 0 Å². The fraction of sp³-hybridized carbons (Fsp3) is 0.192. The second kappa shape index (κ2) is 8.36. The molecular weight excluding hydrogens is 440 g/mol. The summed E-state index contributed by atoms with van der Waals surface area (Å²) in [6.45, 7) is 0.475. The van der Waals surface area contributed by atoms with E-state index in [1.807, 2.05) is 24.3 Å². The second-order valence-corrected chi connectivity index (χ2v) is 8.21. The molecule has 2 aromatic carbocycles. The van der Waals surface area contributed by atoms with Gasteiger partial charge in [0.15, 0.2) is 11.6 Å². The van der Waals surface area contributed by atoms with E-state index in [0.29, 0.717) is 17.1 Å². The first-order valence-electron chi connectivity index (χ1n) is 10.6. The molecule has 1 fully saturated rings. The Morgan fingerprint density at radius 2 is 1.76 bits per heavy atom. The predicted octanol–water partition coefficient (Wildman–Crippen LogP) is 3.97. The molecule has 0 aliphatic carbocycles. The lowest BCUT2D eigenvalue weighted by Gasteiger charge is -2.49. The van der Waals surface area contributed by atoms with Gasteiger partial charge in [0, 0.05) is 30.6 Å². The van der Waals surface area contributed by atoms with Gasteiger partial charge in [0.2, 0.25) is 5.91 Å². The maximum absolute atomic E-state index is 15.1. The van der Waals surface area contributed by atoms with E-state index in [4.69, 9.17) is 4.74 Å². The molecule has 34 heavy (non-hydrogen) atoms. The molecule has 8 heteroatoms. The molecule has 3 amide bonds. The molecule has 3 heterocycles. The van der Waals surface area contributed by atoms with E-state index in [-0.39, 0.29) is 18.6 Å². The minimum absolute atomic E-state index is 0.0685.